The zero-order chi connectivity index (χ0) is 40.0. The van der Waals surface area contributed by atoms with Gasteiger partial charge in [0.05, 0.1) is 57.9 Å². The summed E-state index contributed by atoms with van der Waals surface area (Å²) < 4.78 is 43.3. The van der Waals surface area contributed by atoms with Crippen molar-refractivity contribution in [2.45, 2.75) is 109 Å². The van der Waals surface area contributed by atoms with E-state index in [9.17, 15) is 9.59 Å². The third-order valence-corrected chi connectivity index (χ3v) is 14.0. The first-order valence-electron chi connectivity index (χ1n) is 20.0. The molecule has 0 radical (unpaired) electrons. The van der Waals surface area contributed by atoms with Gasteiger partial charge >= 0.3 is 13.2 Å². The largest absolute Gasteiger partial charge is 0.494 e. The van der Waals surface area contributed by atoms with Gasteiger partial charge < -0.3 is 34.0 Å². The number of imidazole rings is 1. The third-order valence-electron chi connectivity index (χ3n) is 12.7. The van der Waals surface area contributed by atoms with E-state index in [1.54, 1.807) is 22.4 Å². The van der Waals surface area contributed by atoms with Crippen LogP contribution < -0.4 is 15.5 Å². The fraction of sp³-hybridized carbons (Fsp3) is 0.465. The molecular formula is C43H49BFN5O6S. The smallest absolute Gasteiger partial charge is 0.464 e. The van der Waals surface area contributed by atoms with Crippen molar-refractivity contribution in [2.24, 2.45) is 5.92 Å². The summed E-state index contributed by atoms with van der Waals surface area (Å²) in [4.78, 5) is 38.1. The van der Waals surface area contributed by atoms with Crippen molar-refractivity contribution in [1.82, 2.24) is 24.8 Å². The topological polar surface area (TPSA) is 120 Å². The van der Waals surface area contributed by atoms with E-state index in [4.69, 9.17) is 23.8 Å². The van der Waals surface area contributed by atoms with Gasteiger partial charge in [0, 0.05) is 22.4 Å². The Balaban J connectivity index is 1.07. The van der Waals surface area contributed by atoms with Crippen molar-refractivity contribution in [3.8, 4) is 28.3 Å². The van der Waals surface area contributed by atoms with Gasteiger partial charge in [-0.2, -0.15) is 0 Å². The number of hydrogen-bond donors (Lipinski definition) is 2. The van der Waals surface area contributed by atoms with E-state index in [1.165, 1.54) is 37.3 Å². The predicted molar refractivity (Wildman–Crippen MR) is 218 cm³/mol. The molecule has 3 aliphatic heterocycles. The summed E-state index contributed by atoms with van der Waals surface area (Å²) >= 11 is 1.77. The molecule has 9 rings (SSSR count). The molecule has 5 aromatic rings. The minimum absolute atomic E-state index is 0.151. The minimum Gasteiger partial charge on any atom is -0.464 e. The molecule has 6 heterocycles. The molecular weight excluding hydrogens is 744 g/mol. The molecule has 3 atom stereocenters. The Kier molecular flexibility index (Phi) is 9.32. The molecule has 11 nitrogen and oxygen atoms in total. The molecule has 2 aromatic carbocycles. The van der Waals surface area contributed by atoms with Gasteiger partial charge in [-0.25, -0.2) is 14.2 Å². The number of aromatic amines is 1. The lowest BCUT2D eigenvalue weighted by molar-refractivity contribution is -0.135. The first kappa shape index (κ1) is 37.9. The highest BCUT2D eigenvalue weighted by atomic mass is 32.1. The van der Waals surface area contributed by atoms with E-state index in [1.807, 2.05) is 59.7 Å². The number of carbonyl (C=O) groups is 2. The standard InChI is InChI=1S/C43H49BFN5O6S/c1-23(2)37(48-41(52)53-7)39(51)49-17-9-12-31(49)38-46-22-29(47-38)25-19-28(45)36-32-20-26-18-27(44-55-42(3,4)43(5,6)56-44)13-14-30(26)50(32)40(54-33(36)21-25)35-16-15-34(57-35)24-10-8-11-24/h13-16,18-24,31,37,40H,8-12,17H2,1-7H3,(H,46,47)(H,48,52). The number of alkyl carbamates (subject to hydrolysis) is 1. The highest BCUT2D eigenvalue weighted by Crippen LogP contribution is 2.49. The van der Waals surface area contributed by atoms with Gasteiger partial charge in [0.25, 0.3) is 0 Å². The lowest BCUT2D eigenvalue weighted by Gasteiger charge is -2.32. The van der Waals surface area contributed by atoms with Gasteiger partial charge in [0.2, 0.25) is 12.1 Å². The van der Waals surface area contributed by atoms with Crippen molar-refractivity contribution in [3.05, 3.63) is 76.1 Å². The molecule has 298 valence electrons. The molecule has 0 bridgehead atoms. The highest BCUT2D eigenvalue weighted by molar-refractivity contribution is 7.12. The second-order valence-corrected chi connectivity index (χ2v) is 18.4. The number of ether oxygens (including phenoxy) is 2. The van der Waals surface area contributed by atoms with Crippen LogP contribution in [0.25, 0.3) is 33.4 Å². The van der Waals surface area contributed by atoms with Gasteiger partial charge in [-0.1, -0.05) is 32.4 Å². The maximum absolute atomic E-state index is 16.7. The number of nitrogens with zero attached hydrogens (tertiary/aromatic N) is 3. The van der Waals surface area contributed by atoms with Crippen LogP contribution in [0.15, 0.2) is 54.7 Å². The van der Waals surface area contributed by atoms with E-state index >= 15 is 4.39 Å². The van der Waals surface area contributed by atoms with E-state index in [0.29, 0.717) is 47.3 Å². The van der Waals surface area contributed by atoms with Gasteiger partial charge in [0.1, 0.15) is 23.4 Å². The Morgan fingerprint density at radius 2 is 1.77 bits per heavy atom. The van der Waals surface area contributed by atoms with Crippen LogP contribution in [0.5, 0.6) is 5.75 Å². The van der Waals surface area contributed by atoms with Gasteiger partial charge in [-0.15, -0.1) is 11.3 Å². The van der Waals surface area contributed by atoms with Gasteiger partial charge in [0.15, 0.2) is 0 Å². The predicted octanol–water partition coefficient (Wildman–Crippen LogP) is 8.45. The van der Waals surface area contributed by atoms with Crippen molar-refractivity contribution < 1.29 is 32.8 Å². The minimum atomic E-state index is -0.744. The first-order valence-corrected chi connectivity index (χ1v) is 20.9. The number of benzene rings is 2. The maximum Gasteiger partial charge on any atom is 0.494 e. The maximum atomic E-state index is 16.7. The second-order valence-electron chi connectivity index (χ2n) is 17.2. The van der Waals surface area contributed by atoms with Crippen LogP contribution in [0.2, 0.25) is 0 Å². The van der Waals surface area contributed by atoms with Crippen LogP contribution in [0, 0.1) is 11.7 Å². The SMILES string of the molecule is COC(=O)NC(C(=O)N1CCCC1c1ncc(-c2cc(F)c3c(c2)OC(c2ccc(C4CCC4)s2)n2c-3cc3cc(B4OC(C)(C)C(C)(C)O4)ccc32)[nH]1)C(C)C. The monoisotopic (exact) mass is 793 g/mol. The molecule has 2 saturated heterocycles. The van der Waals surface area contributed by atoms with Crippen molar-refractivity contribution in [2.75, 3.05) is 13.7 Å². The number of carbonyl (C=O) groups excluding carboxylic acids is 2. The van der Waals surface area contributed by atoms with Crippen LogP contribution in [0.4, 0.5) is 9.18 Å². The van der Waals surface area contributed by atoms with E-state index < -0.39 is 42.5 Å². The number of hydrogen-bond acceptors (Lipinski definition) is 8. The molecule has 1 saturated carbocycles. The van der Waals surface area contributed by atoms with Gasteiger partial charge in [-0.05, 0) is 107 Å². The number of rotatable bonds is 8. The summed E-state index contributed by atoms with van der Waals surface area (Å²) in [5.41, 5.74) is 3.19. The molecule has 0 spiro atoms. The summed E-state index contributed by atoms with van der Waals surface area (Å²) in [5, 5.41) is 3.63. The van der Waals surface area contributed by atoms with Crippen LogP contribution >= 0.6 is 11.3 Å². The Bertz CT molecular complexity index is 2370. The number of thiophene rings is 1. The molecule has 2 amide bonds. The molecule has 14 heteroatoms. The average molecular weight is 794 g/mol. The van der Waals surface area contributed by atoms with Crippen molar-refractivity contribution in [3.63, 3.8) is 0 Å². The molecule has 3 fully saturated rings. The van der Waals surface area contributed by atoms with Crippen LogP contribution in [0.3, 0.4) is 0 Å². The molecule has 57 heavy (non-hydrogen) atoms. The highest BCUT2D eigenvalue weighted by Gasteiger charge is 2.52. The number of aromatic nitrogens is 3. The summed E-state index contributed by atoms with van der Waals surface area (Å²) in [6.07, 6.45) is 5.66. The Morgan fingerprint density at radius 3 is 2.47 bits per heavy atom. The van der Waals surface area contributed by atoms with Crippen LogP contribution in [-0.4, -0.2) is 69.5 Å². The van der Waals surface area contributed by atoms with E-state index in [-0.39, 0.29) is 17.9 Å². The average Bonchev–Trinajstić information content (AvgIpc) is 3.98. The molecule has 1 aliphatic carbocycles. The zero-order valence-electron chi connectivity index (χ0n) is 33.5. The number of methoxy groups -OCH3 is 1. The number of H-pyrrole nitrogens is 1. The molecule has 3 aromatic heterocycles. The number of likely N-dealkylation sites (tertiary alicyclic amines) is 1. The summed E-state index contributed by atoms with van der Waals surface area (Å²) in [5.74, 6) is 0.865. The van der Waals surface area contributed by atoms with Gasteiger partial charge in [-0.3, -0.25) is 9.36 Å². The Hall–Kier alpha value is -4.66. The fourth-order valence-electron chi connectivity index (χ4n) is 8.52. The first-order chi connectivity index (χ1) is 27.2. The molecule has 2 N–H and O–H groups in total. The quantitative estimate of drug-likeness (QED) is 0.151. The zero-order valence-corrected chi connectivity index (χ0v) is 34.3. The van der Waals surface area contributed by atoms with E-state index in [0.717, 1.165) is 33.4 Å². The fourth-order valence-corrected chi connectivity index (χ4v) is 9.72. The Morgan fingerprint density at radius 1 is 1.02 bits per heavy atom. The second kappa shape index (κ2) is 14.0. The molecule has 4 aliphatic rings. The lowest BCUT2D eigenvalue weighted by Crippen LogP contribution is -2.51. The van der Waals surface area contributed by atoms with E-state index in [2.05, 4.69) is 39.1 Å². The van der Waals surface area contributed by atoms with Crippen LogP contribution in [-0.2, 0) is 18.8 Å². The third kappa shape index (κ3) is 6.44. The van der Waals surface area contributed by atoms with Crippen molar-refractivity contribution in [1.29, 1.82) is 0 Å². The molecule has 3 unspecified atom stereocenters. The summed E-state index contributed by atoms with van der Waals surface area (Å²) in [6, 6.07) is 14.9. The summed E-state index contributed by atoms with van der Waals surface area (Å²) in [7, 11) is 0.751. The number of fused-ring (bicyclic) bond motifs is 5. The van der Waals surface area contributed by atoms with Crippen LogP contribution in [0.1, 0.15) is 107 Å². The number of amides is 2. The normalized spacial score (nSPS) is 21.6. The lowest BCUT2D eigenvalue weighted by atomic mass is 9.78. The Labute approximate surface area is 336 Å². The number of halogens is 1. The van der Waals surface area contributed by atoms with Crippen molar-refractivity contribution >= 4 is 46.8 Å². The number of nitrogens with one attached hydrogen (secondary N) is 2. The summed E-state index contributed by atoms with van der Waals surface area (Å²) in [6.45, 7) is 12.5.